The number of nitrogens with one attached hydrogen (secondary N) is 2. The van der Waals surface area contributed by atoms with Crippen molar-refractivity contribution in [3.05, 3.63) is 42.5 Å². The zero-order chi connectivity index (χ0) is 14.4. The molecule has 0 aliphatic rings. The summed E-state index contributed by atoms with van der Waals surface area (Å²) in [5.74, 6) is 0.132. The van der Waals surface area contributed by atoms with Crippen LogP contribution in [0.5, 0.6) is 0 Å². The molecule has 0 aliphatic carbocycles. The van der Waals surface area contributed by atoms with Gasteiger partial charge in [0.25, 0.3) is 0 Å². The van der Waals surface area contributed by atoms with Crippen molar-refractivity contribution in [3.63, 3.8) is 0 Å². The Balaban J connectivity index is 2.03. The van der Waals surface area contributed by atoms with Crippen LogP contribution in [0.3, 0.4) is 0 Å². The van der Waals surface area contributed by atoms with Crippen LogP contribution in [0.15, 0.2) is 42.5 Å². The molecule has 0 heterocycles. The lowest BCUT2D eigenvalue weighted by molar-refractivity contribution is 0.595. The standard InChI is InChI=1S/C15H20N2O2S/c1-2-16-10-5-11-20(18,19)17-15-9-8-13-6-3-4-7-14(13)12-15/h3-4,6-9,12,16-17H,2,5,10-11H2,1H3. The molecule has 108 valence electrons. The normalized spacial score (nSPS) is 11.7. The monoisotopic (exact) mass is 292 g/mol. The van der Waals surface area contributed by atoms with Crippen molar-refractivity contribution >= 4 is 26.5 Å². The van der Waals surface area contributed by atoms with Gasteiger partial charge in [-0.2, -0.15) is 0 Å². The van der Waals surface area contributed by atoms with Gasteiger partial charge in [0.2, 0.25) is 10.0 Å². The van der Waals surface area contributed by atoms with E-state index in [4.69, 9.17) is 0 Å². The Kier molecular flexibility index (Phi) is 4.98. The molecule has 0 saturated heterocycles. The molecule has 4 nitrogen and oxygen atoms in total. The first-order valence-corrected chi connectivity index (χ1v) is 8.46. The lowest BCUT2D eigenvalue weighted by atomic mass is 10.1. The quantitative estimate of drug-likeness (QED) is 0.771. The van der Waals surface area contributed by atoms with Crippen LogP contribution in [-0.2, 0) is 10.0 Å². The summed E-state index contributed by atoms with van der Waals surface area (Å²) in [6.45, 7) is 3.58. The summed E-state index contributed by atoms with van der Waals surface area (Å²) in [6, 6.07) is 13.5. The minimum absolute atomic E-state index is 0.132. The van der Waals surface area contributed by atoms with Crippen LogP contribution in [0.2, 0.25) is 0 Å². The van der Waals surface area contributed by atoms with Gasteiger partial charge in [-0.05, 0) is 42.4 Å². The topological polar surface area (TPSA) is 58.2 Å². The minimum atomic E-state index is -3.27. The highest BCUT2D eigenvalue weighted by Crippen LogP contribution is 2.19. The maximum atomic E-state index is 12.0. The van der Waals surface area contributed by atoms with Crippen LogP contribution in [0.4, 0.5) is 5.69 Å². The lowest BCUT2D eigenvalue weighted by Crippen LogP contribution is -2.21. The van der Waals surface area contributed by atoms with Crippen LogP contribution in [0.25, 0.3) is 10.8 Å². The third kappa shape index (κ3) is 4.21. The van der Waals surface area contributed by atoms with Crippen molar-refractivity contribution in [3.8, 4) is 0 Å². The predicted molar refractivity (Wildman–Crippen MR) is 84.5 cm³/mol. The van der Waals surface area contributed by atoms with Gasteiger partial charge in [-0.15, -0.1) is 0 Å². The molecule has 5 heteroatoms. The van der Waals surface area contributed by atoms with E-state index in [0.717, 1.165) is 23.9 Å². The summed E-state index contributed by atoms with van der Waals surface area (Å²) >= 11 is 0. The van der Waals surface area contributed by atoms with Crippen molar-refractivity contribution in [1.82, 2.24) is 5.32 Å². The van der Waals surface area contributed by atoms with E-state index in [-0.39, 0.29) is 5.75 Å². The van der Waals surface area contributed by atoms with Crippen LogP contribution in [0, 0.1) is 0 Å². The Morgan fingerprint density at radius 2 is 1.80 bits per heavy atom. The van der Waals surface area contributed by atoms with Crippen LogP contribution in [-0.4, -0.2) is 27.3 Å². The maximum Gasteiger partial charge on any atom is 0.232 e. The zero-order valence-corrected chi connectivity index (χ0v) is 12.4. The number of rotatable bonds is 7. The Morgan fingerprint density at radius 3 is 2.55 bits per heavy atom. The van der Waals surface area contributed by atoms with E-state index < -0.39 is 10.0 Å². The van der Waals surface area contributed by atoms with E-state index in [9.17, 15) is 8.42 Å². The number of hydrogen-bond acceptors (Lipinski definition) is 3. The summed E-state index contributed by atoms with van der Waals surface area (Å²) in [6.07, 6.45) is 0.608. The number of sulfonamides is 1. The summed E-state index contributed by atoms with van der Waals surface area (Å²) in [7, 11) is -3.27. The second kappa shape index (κ2) is 6.72. The third-order valence-corrected chi connectivity index (χ3v) is 4.41. The largest absolute Gasteiger partial charge is 0.317 e. The van der Waals surface area contributed by atoms with E-state index in [0.29, 0.717) is 12.1 Å². The maximum absolute atomic E-state index is 12.0. The van der Waals surface area contributed by atoms with E-state index in [1.165, 1.54) is 0 Å². The second-order valence-corrected chi connectivity index (χ2v) is 6.53. The minimum Gasteiger partial charge on any atom is -0.317 e. The molecular formula is C15H20N2O2S. The van der Waals surface area contributed by atoms with E-state index in [2.05, 4.69) is 10.0 Å². The van der Waals surface area contributed by atoms with Gasteiger partial charge >= 0.3 is 0 Å². The van der Waals surface area contributed by atoms with Gasteiger partial charge in [0.05, 0.1) is 5.75 Å². The highest BCUT2D eigenvalue weighted by molar-refractivity contribution is 7.92. The van der Waals surface area contributed by atoms with E-state index >= 15 is 0 Å². The molecule has 0 unspecified atom stereocenters. The van der Waals surface area contributed by atoms with E-state index in [1.54, 1.807) is 6.07 Å². The predicted octanol–water partition coefficient (Wildman–Crippen LogP) is 2.58. The SMILES string of the molecule is CCNCCCS(=O)(=O)Nc1ccc2ccccc2c1. The molecule has 2 aromatic carbocycles. The highest BCUT2D eigenvalue weighted by atomic mass is 32.2. The first-order chi connectivity index (χ1) is 9.61. The fourth-order valence-electron chi connectivity index (χ4n) is 2.05. The fraction of sp³-hybridized carbons (Fsp3) is 0.333. The fourth-order valence-corrected chi connectivity index (χ4v) is 3.16. The van der Waals surface area contributed by atoms with Gasteiger partial charge in [-0.1, -0.05) is 37.3 Å². The molecule has 0 aliphatic heterocycles. The van der Waals surface area contributed by atoms with Crippen LogP contribution >= 0.6 is 0 Å². The molecular weight excluding hydrogens is 272 g/mol. The van der Waals surface area contributed by atoms with Gasteiger partial charge in [0, 0.05) is 5.69 Å². The molecule has 2 rings (SSSR count). The number of fused-ring (bicyclic) bond motifs is 1. The molecule has 0 radical (unpaired) electrons. The molecule has 0 atom stereocenters. The Morgan fingerprint density at radius 1 is 1.05 bits per heavy atom. The molecule has 0 bridgehead atoms. The van der Waals surface area contributed by atoms with Crippen LogP contribution in [0.1, 0.15) is 13.3 Å². The summed E-state index contributed by atoms with van der Waals surface area (Å²) in [4.78, 5) is 0. The van der Waals surface area contributed by atoms with Gasteiger partial charge < -0.3 is 5.32 Å². The third-order valence-electron chi connectivity index (χ3n) is 3.04. The lowest BCUT2D eigenvalue weighted by Gasteiger charge is -2.09. The average Bonchev–Trinajstić information content (AvgIpc) is 2.43. The van der Waals surface area contributed by atoms with Crippen molar-refractivity contribution in [1.29, 1.82) is 0 Å². The van der Waals surface area contributed by atoms with Gasteiger partial charge in [0.1, 0.15) is 0 Å². The van der Waals surface area contributed by atoms with Gasteiger partial charge in [-0.25, -0.2) is 8.42 Å². The molecule has 2 aromatic rings. The summed E-state index contributed by atoms with van der Waals surface area (Å²) in [5.41, 5.74) is 0.618. The number of benzene rings is 2. The van der Waals surface area contributed by atoms with Crippen molar-refractivity contribution in [2.24, 2.45) is 0 Å². The zero-order valence-electron chi connectivity index (χ0n) is 11.6. The molecule has 0 fully saturated rings. The Labute approximate surface area is 120 Å². The Bertz CT molecular complexity index is 668. The van der Waals surface area contributed by atoms with Crippen molar-refractivity contribution in [2.45, 2.75) is 13.3 Å². The second-order valence-electron chi connectivity index (χ2n) is 4.69. The molecule has 2 N–H and O–H groups in total. The first-order valence-electron chi connectivity index (χ1n) is 6.81. The smallest absolute Gasteiger partial charge is 0.232 e. The molecule has 20 heavy (non-hydrogen) atoms. The van der Waals surface area contributed by atoms with E-state index in [1.807, 2.05) is 43.3 Å². The average molecular weight is 292 g/mol. The van der Waals surface area contributed by atoms with Gasteiger partial charge in [0.15, 0.2) is 0 Å². The van der Waals surface area contributed by atoms with Gasteiger partial charge in [-0.3, -0.25) is 4.72 Å². The molecule has 0 aromatic heterocycles. The molecule has 0 amide bonds. The number of anilines is 1. The number of hydrogen-bond donors (Lipinski definition) is 2. The van der Waals surface area contributed by atoms with Crippen LogP contribution < -0.4 is 10.0 Å². The first kappa shape index (κ1) is 14.8. The molecule has 0 saturated carbocycles. The van der Waals surface area contributed by atoms with Crippen molar-refractivity contribution in [2.75, 3.05) is 23.6 Å². The summed E-state index contributed by atoms with van der Waals surface area (Å²) in [5, 5.41) is 5.24. The highest BCUT2D eigenvalue weighted by Gasteiger charge is 2.10. The molecule has 0 spiro atoms. The Hall–Kier alpha value is -1.59. The summed E-state index contributed by atoms with van der Waals surface area (Å²) < 4.78 is 26.6. The van der Waals surface area contributed by atoms with Crippen molar-refractivity contribution < 1.29 is 8.42 Å².